The number of nitrogens with one attached hydrogen (secondary N) is 15. The summed E-state index contributed by atoms with van der Waals surface area (Å²) >= 11 is 0. The molecule has 1 aromatic rings. The number of hydrogen-bond donors (Lipinski definition) is 20. The van der Waals surface area contributed by atoms with Gasteiger partial charge in [-0.25, -0.2) is 0 Å². The van der Waals surface area contributed by atoms with Crippen molar-refractivity contribution in [2.24, 2.45) is 58.6 Å². The van der Waals surface area contributed by atoms with Crippen molar-refractivity contribution in [2.45, 2.75) is 247 Å². The predicted octanol–water partition coefficient (Wildman–Crippen LogP) is -4.00. The first kappa shape index (κ1) is 98.1. The van der Waals surface area contributed by atoms with Gasteiger partial charge in [-0.1, -0.05) is 140 Å². The van der Waals surface area contributed by atoms with Crippen LogP contribution >= 0.6 is 0 Å². The third-order valence-electron chi connectivity index (χ3n) is 18.0. The number of aliphatic carboxylic acids is 1. The molecule has 37 nitrogen and oxygen atoms in total. The normalized spacial score (nSPS) is 15.4. The van der Waals surface area contributed by atoms with Gasteiger partial charge in [0.15, 0.2) is 0 Å². The molecule has 37 heteroatoms. The van der Waals surface area contributed by atoms with Crippen LogP contribution in [-0.4, -0.2) is 222 Å². The molecule has 0 bridgehead atoms. The molecule has 1 rings (SSSR count). The highest BCUT2D eigenvalue weighted by Crippen LogP contribution is 2.16. The topological polar surface area (TPSA) is 589 Å². The number of carboxylic acids is 1. The van der Waals surface area contributed by atoms with Crippen molar-refractivity contribution in [3.05, 3.63) is 35.9 Å². The molecular weight excluding hydrogens is 1430 g/mol. The Morgan fingerprint density at radius 1 is 0.382 bits per heavy atom. The number of aliphatic hydroxyl groups is 1. The van der Waals surface area contributed by atoms with E-state index in [2.05, 4.69) is 79.8 Å². The second-order valence-corrected chi connectivity index (χ2v) is 29.5. The number of amides is 16. The average molecular weight is 1560 g/mol. The fourth-order valence-electron chi connectivity index (χ4n) is 11.0. The molecule has 0 aliphatic carbocycles. The second-order valence-electron chi connectivity index (χ2n) is 29.5. The number of rotatable bonds is 51. The SMILES string of the molecule is CC[C@H](C)[C@H](NC(=O)[C@@H](NC(=O)[C@H](CO)NC(=O)[C@H](C)NC(=O)[C@@H](NC(=O)[C@H](CCCCN)NC(=O)[C@H](C)NC(=O)[C@@H](NC(=O)[C@@H](NC(=O)[C@H](CC(=O)O)NC(=O)[C@H](Cc1ccccc1)NC(=O)[C@H](CC(C)C)NC(=O)CN)C(C)C)[C@@H](C)CC)C(C)C)C(C)C)C(=O)NCC(=O)NCC(=O)N[C@@H](CC(C)C)C(N)=O. The molecule has 0 aliphatic heterocycles. The van der Waals surface area contributed by atoms with E-state index in [0.29, 0.717) is 24.8 Å². The van der Waals surface area contributed by atoms with Crippen LogP contribution < -0.4 is 97.0 Å². The highest BCUT2D eigenvalue weighted by molar-refractivity contribution is 6.01. The third kappa shape index (κ3) is 35.6. The fraction of sp³-hybridized carbons (Fsp3) is 0.685. The zero-order chi connectivity index (χ0) is 84.0. The Balaban J connectivity index is 3.29. The van der Waals surface area contributed by atoms with Gasteiger partial charge in [0.05, 0.1) is 32.7 Å². The molecule has 0 fully saturated rings. The van der Waals surface area contributed by atoms with Crippen molar-refractivity contribution in [1.82, 2.24) is 79.8 Å². The van der Waals surface area contributed by atoms with Crippen LogP contribution in [0.1, 0.15) is 168 Å². The molecule has 0 spiro atoms. The smallest absolute Gasteiger partial charge is 0.305 e. The van der Waals surface area contributed by atoms with E-state index in [1.54, 1.807) is 99.6 Å². The van der Waals surface area contributed by atoms with E-state index in [0.717, 1.165) is 0 Å². The van der Waals surface area contributed by atoms with Crippen molar-refractivity contribution < 1.29 is 91.7 Å². The van der Waals surface area contributed by atoms with Gasteiger partial charge in [-0.2, -0.15) is 0 Å². The molecule has 0 saturated carbocycles. The number of hydrogen-bond acceptors (Lipinski definition) is 20. The summed E-state index contributed by atoms with van der Waals surface area (Å²) in [5.41, 5.74) is 17.2. The number of carbonyl (C=O) groups excluding carboxylic acids is 16. The van der Waals surface area contributed by atoms with Gasteiger partial charge in [-0.15, -0.1) is 0 Å². The van der Waals surface area contributed by atoms with Crippen LogP contribution in [0.3, 0.4) is 0 Å². The minimum Gasteiger partial charge on any atom is -0.481 e. The zero-order valence-corrected chi connectivity index (χ0v) is 66.4. The number of benzene rings is 1. The molecule has 16 amide bonds. The molecule has 1 aromatic carbocycles. The number of primary amides is 1. The maximum Gasteiger partial charge on any atom is 0.305 e. The molecule has 0 radical (unpaired) electrons. The Morgan fingerprint density at radius 2 is 0.764 bits per heavy atom. The standard InChI is InChI=1S/C73H124N18O19/c1-17-41(13)59(69(106)78-33-53(94)77-34-54(95)81-47(61(76)98)28-36(3)4)90-71(108)58(40(11)12)89-68(105)51(35-92)86-63(100)44(16)79-70(107)56(38(7)8)87-64(101)46(26-22-23-27-74)83-62(99)43(15)80-73(110)60(42(14)18-2)91-72(109)57(39(9)10)88-67(104)50(31-55(96)97)85-66(103)49(30-45-24-20-19-21-25-45)84-65(102)48(29-37(5)6)82-52(93)32-75/h19-21,24-25,36-44,46-51,56-60,92H,17-18,22-23,26-35,74-75H2,1-16H3,(H2,76,98)(H,77,94)(H,78,106)(H,79,107)(H,80,110)(H,81,95)(H,82,93)(H,83,99)(H,84,102)(H,85,103)(H,86,100)(H,87,101)(H,88,104)(H,89,105)(H,90,108)(H,91,109)(H,96,97)/t41-,42-,43-,44-,46-,47-,48-,49-,50-,51-,56-,57-,58-,59-,60-/m0/s1. The van der Waals surface area contributed by atoms with E-state index >= 15 is 0 Å². The minimum absolute atomic E-state index is 0.0183. The van der Waals surface area contributed by atoms with Crippen LogP contribution in [0.25, 0.3) is 0 Å². The summed E-state index contributed by atoms with van der Waals surface area (Å²) in [5.74, 6) is -18.5. The van der Waals surface area contributed by atoms with Crippen LogP contribution in [-0.2, 0) is 87.9 Å². The lowest BCUT2D eigenvalue weighted by Crippen LogP contribution is -2.62. The van der Waals surface area contributed by atoms with Gasteiger partial charge in [0.1, 0.15) is 78.5 Å². The lowest BCUT2D eigenvalue weighted by molar-refractivity contribution is -0.142. The summed E-state index contributed by atoms with van der Waals surface area (Å²) in [6.07, 6.45) is 0.629. The Bertz CT molecular complexity index is 3270. The van der Waals surface area contributed by atoms with Crippen molar-refractivity contribution in [1.29, 1.82) is 0 Å². The first-order valence-corrected chi connectivity index (χ1v) is 37.5. The average Bonchev–Trinajstić information content (AvgIpc) is 0.849. The molecule has 0 heterocycles. The van der Waals surface area contributed by atoms with Crippen LogP contribution in [0.5, 0.6) is 0 Å². The highest BCUT2D eigenvalue weighted by Gasteiger charge is 2.39. The van der Waals surface area contributed by atoms with E-state index in [-0.39, 0.29) is 50.5 Å². The monoisotopic (exact) mass is 1560 g/mol. The van der Waals surface area contributed by atoms with Gasteiger partial charge < -0.3 is 107 Å². The second kappa shape index (κ2) is 50.0. The van der Waals surface area contributed by atoms with Crippen molar-refractivity contribution >= 4 is 100 Å². The highest BCUT2D eigenvalue weighted by atomic mass is 16.4. The Morgan fingerprint density at radius 3 is 1.20 bits per heavy atom. The predicted molar refractivity (Wildman–Crippen MR) is 405 cm³/mol. The van der Waals surface area contributed by atoms with Crippen LogP contribution in [0.2, 0.25) is 0 Å². The number of nitrogens with two attached hydrogens (primary N) is 3. The Hall–Kier alpha value is -9.91. The minimum atomic E-state index is -1.83. The molecule has 110 heavy (non-hydrogen) atoms. The van der Waals surface area contributed by atoms with E-state index in [9.17, 15) is 91.7 Å². The molecule has 0 aliphatic rings. The molecule has 0 aromatic heterocycles. The van der Waals surface area contributed by atoms with Crippen LogP contribution in [0, 0.1) is 41.4 Å². The first-order chi connectivity index (χ1) is 51.5. The molecule has 23 N–H and O–H groups in total. The number of aliphatic hydroxyl groups excluding tert-OH is 1. The summed E-state index contributed by atoms with van der Waals surface area (Å²) in [6.45, 7) is 23.6. The Labute approximate surface area is 643 Å². The van der Waals surface area contributed by atoms with E-state index in [1.165, 1.54) is 13.8 Å². The number of unbranched alkanes of at least 4 members (excludes halogenated alkanes) is 1. The summed E-state index contributed by atoms with van der Waals surface area (Å²) in [4.78, 5) is 229. The van der Waals surface area contributed by atoms with Crippen molar-refractivity contribution in [3.63, 3.8) is 0 Å². The van der Waals surface area contributed by atoms with Gasteiger partial charge in [-0.3, -0.25) is 81.5 Å². The molecule has 15 atom stereocenters. The summed E-state index contributed by atoms with van der Waals surface area (Å²) in [5, 5.41) is 57.9. The first-order valence-electron chi connectivity index (χ1n) is 37.5. The summed E-state index contributed by atoms with van der Waals surface area (Å²) < 4.78 is 0. The molecular formula is C73H124N18O19. The van der Waals surface area contributed by atoms with Gasteiger partial charge in [0, 0.05) is 6.42 Å². The van der Waals surface area contributed by atoms with Crippen LogP contribution in [0.4, 0.5) is 0 Å². The summed E-state index contributed by atoms with van der Waals surface area (Å²) in [7, 11) is 0. The summed E-state index contributed by atoms with van der Waals surface area (Å²) in [6, 6.07) is -9.61. The molecule has 620 valence electrons. The van der Waals surface area contributed by atoms with Gasteiger partial charge in [0.2, 0.25) is 94.5 Å². The Kier molecular flexibility index (Phi) is 44.6. The van der Waals surface area contributed by atoms with Gasteiger partial charge >= 0.3 is 5.97 Å². The van der Waals surface area contributed by atoms with Crippen molar-refractivity contribution in [2.75, 3.05) is 32.8 Å². The quantitative estimate of drug-likeness (QED) is 0.0276. The number of carbonyl (C=O) groups is 17. The van der Waals surface area contributed by atoms with Crippen molar-refractivity contribution in [3.8, 4) is 0 Å². The number of carboxylic acid groups (broad SMARTS) is 1. The lowest BCUT2D eigenvalue weighted by Gasteiger charge is -2.30. The molecule has 0 saturated heterocycles. The van der Waals surface area contributed by atoms with E-state index < -0.39 is 241 Å². The maximum atomic E-state index is 14.3. The maximum absolute atomic E-state index is 14.3. The van der Waals surface area contributed by atoms with Crippen LogP contribution in [0.15, 0.2) is 30.3 Å². The third-order valence-corrected chi connectivity index (χ3v) is 18.0. The van der Waals surface area contributed by atoms with Gasteiger partial charge in [-0.05, 0) is 99.5 Å². The van der Waals surface area contributed by atoms with E-state index in [4.69, 9.17) is 17.2 Å². The van der Waals surface area contributed by atoms with E-state index in [1.807, 2.05) is 27.7 Å². The fourth-order valence-corrected chi connectivity index (χ4v) is 11.0. The zero-order valence-electron chi connectivity index (χ0n) is 66.4. The lowest BCUT2D eigenvalue weighted by atomic mass is 9.96. The van der Waals surface area contributed by atoms with Gasteiger partial charge in [0.25, 0.3) is 0 Å². The largest absolute Gasteiger partial charge is 0.481 e. The molecule has 0 unspecified atom stereocenters.